The third-order valence-corrected chi connectivity index (χ3v) is 11.0. The van der Waals surface area contributed by atoms with Crippen LogP contribution in [0.3, 0.4) is 0 Å². The number of nitrogens with zero attached hydrogens (tertiary/aromatic N) is 3. The molecule has 0 bridgehead atoms. The number of likely N-dealkylation sites (tertiary alicyclic amines) is 1. The van der Waals surface area contributed by atoms with Crippen molar-refractivity contribution in [3.63, 3.8) is 0 Å². The zero-order valence-corrected chi connectivity index (χ0v) is 25.5. The number of hydrogen-bond donors (Lipinski definition) is 2. The Balaban J connectivity index is 1.12. The van der Waals surface area contributed by atoms with E-state index in [2.05, 4.69) is 82.6 Å². The second kappa shape index (κ2) is 11.8. The molecule has 42 heavy (non-hydrogen) atoms. The summed E-state index contributed by atoms with van der Waals surface area (Å²) in [6, 6.07) is 21.5. The molecule has 2 fully saturated rings. The van der Waals surface area contributed by atoms with E-state index in [9.17, 15) is 4.79 Å². The fourth-order valence-corrected chi connectivity index (χ4v) is 8.65. The molecule has 0 amide bonds. The third kappa shape index (κ3) is 5.58. The van der Waals surface area contributed by atoms with Crippen LogP contribution < -0.4 is 15.8 Å². The Morgan fingerprint density at radius 3 is 2.76 bits per heavy atom. The number of nitrogens with one attached hydrogen (secondary N) is 2. The van der Waals surface area contributed by atoms with Crippen LogP contribution in [0, 0.1) is 12.8 Å². The minimum Gasteiger partial charge on any atom is -0.376 e. The lowest BCUT2D eigenvalue weighted by Gasteiger charge is -2.35. The highest BCUT2D eigenvalue weighted by molar-refractivity contribution is 8.05. The van der Waals surface area contributed by atoms with Crippen molar-refractivity contribution in [1.29, 1.82) is 0 Å². The molecule has 7 nitrogen and oxygen atoms in total. The molecule has 2 saturated heterocycles. The van der Waals surface area contributed by atoms with Crippen LogP contribution in [0.5, 0.6) is 0 Å². The Bertz CT molecular complexity index is 1640. The predicted octanol–water partition coefficient (Wildman–Crippen LogP) is 6.38. The first-order valence-corrected chi connectivity index (χ1v) is 16.2. The van der Waals surface area contributed by atoms with Crippen molar-refractivity contribution in [2.45, 2.75) is 45.1 Å². The number of aryl methyl sites for hydroxylation is 1. The molecule has 0 radical (unpaired) electrons. The lowest BCUT2D eigenvalue weighted by molar-refractivity contribution is 0.0378. The predicted molar refractivity (Wildman–Crippen MR) is 170 cm³/mol. The number of morpholine rings is 1. The lowest BCUT2D eigenvalue weighted by Crippen LogP contribution is -2.41. The van der Waals surface area contributed by atoms with Gasteiger partial charge >= 0.3 is 0 Å². The summed E-state index contributed by atoms with van der Waals surface area (Å²) in [4.78, 5) is 29.6. The minimum absolute atomic E-state index is 0.0585. The maximum Gasteiger partial charge on any atom is 0.271 e. The number of rotatable bonds is 6. The Kier molecular flexibility index (Phi) is 7.75. The summed E-state index contributed by atoms with van der Waals surface area (Å²) in [6.07, 6.45) is 4.71. The monoisotopic (exact) mass is 597 g/mol. The summed E-state index contributed by atoms with van der Waals surface area (Å²) in [7, 11) is 2.20. The van der Waals surface area contributed by atoms with Crippen LogP contribution in [0.2, 0.25) is 0 Å². The second-order valence-corrected chi connectivity index (χ2v) is 13.6. The molecule has 2 unspecified atom stereocenters. The van der Waals surface area contributed by atoms with E-state index in [1.807, 2.05) is 41.9 Å². The number of anilines is 2. The van der Waals surface area contributed by atoms with Gasteiger partial charge in [-0.25, -0.2) is 0 Å². The number of H-pyrrole nitrogens is 1. The van der Waals surface area contributed by atoms with Crippen molar-refractivity contribution in [1.82, 2.24) is 14.9 Å². The smallest absolute Gasteiger partial charge is 0.271 e. The highest BCUT2D eigenvalue weighted by Crippen LogP contribution is 2.52. The number of ether oxygens (including phenoxy) is 1. The van der Waals surface area contributed by atoms with Gasteiger partial charge in [0.15, 0.2) is 0 Å². The number of benzene rings is 2. The largest absolute Gasteiger partial charge is 0.376 e. The van der Waals surface area contributed by atoms with E-state index in [-0.39, 0.29) is 17.7 Å². The van der Waals surface area contributed by atoms with Crippen LogP contribution in [-0.2, 0) is 4.74 Å². The van der Waals surface area contributed by atoms with E-state index in [0.717, 1.165) is 30.9 Å². The van der Waals surface area contributed by atoms with Gasteiger partial charge in [0.1, 0.15) is 11.8 Å². The fourth-order valence-electron chi connectivity index (χ4n) is 6.20. The first-order chi connectivity index (χ1) is 20.5. The molecule has 2 N–H and O–H groups in total. The van der Waals surface area contributed by atoms with Gasteiger partial charge in [-0.1, -0.05) is 41.7 Å². The van der Waals surface area contributed by atoms with E-state index in [4.69, 9.17) is 9.72 Å². The molecule has 2 aromatic carbocycles. The molecule has 7 rings (SSSR count). The van der Waals surface area contributed by atoms with Gasteiger partial charge in [-0.3, -0.25) is 9.78 Å². The van der Waals surface area contributed by atoms with Crippen molar-refractivity contribution in [2.75, 3.05) is 50.1 Å². The van der Waals surface area contributed by atoms with E-state index >= 15 is 0 Å². The van der Waals surface area contributed by atoms with Crippen LogP contribution in [0.25, 0.3) is 0 Å². The van der Waals surface area contributed by atoms with Crippen LogP contribution in [0.1, 0.15) is 35.4 Å². The van der Waals surface area contributed by atoms with E-state index in [1.54, 1.807) is 6.20 Å². The standard InChI is InChI=1S/C33H35N5O2S2/c1-21-8-10-25(35-18-21)31(22-12-14-37(2)19-22)36-23-9-11-28-30(17-23)41-29-7-3-5-24(32(29)42-28)27-20-38(15-16-40-27)26-6-4-13-34-33(26)39/h3-11,13,17-18,22,27,31,36H,12,14-16,19-20H2,1-2H3,(H,34,39)/t22-,27?,31?/m0/s1. The zero-order valence-electron chi connectivity index (χ0n) is 23.9. The van der Waals surface area contributed by atoms with Crippen LogP contribution in [0.15, 0.2) is 97.4 Å². The van der Waals surface area contributed by atoms with Gasteiger partial charge in [0.2, 0.25) is 0 Å². The first kappa shape index (κ1) is 27.6. The number of pyridine rings is 2. The lowest BCUT2D eigenvalue weighted by atomic mass is 9.95. The Labute approximate surface area is 255 Å². The number of fused-ring (bicyclic) bond motifs is 2. The summed E-state index contributed by atoms with van der Waals surface area (Å²) < 4.78 is 6.28. The first-order valence-electron chi connectivity index (χ1n) is 14.6. The van der Waals surface area contributed by atoms with Gasteiger partial charge in [-0.15, -0.1) is 0 Å². The van der Waals surface area contributed by atoms with E-state index < -0.39 is 0 Å². The molecule has 0 aliphatic carbocycles. The third-order valence-electron chi connectivity index (χ3n) is 8.41. The van der Waals surface area contributed by atoms with Crippen molar-refractivity contribution < 1.29 is 4.74 Å². The van der Waals surface area contributed by atoms with Crippen LogP contribution in [-0.4, -0.2) is 54.7 Å². The molecule has 2 aromatic heterocycles. The molecule has 9 heteroatoms. The Morgan fingerprint density at radius 1 is 1.02 bits per heavy atom. The fraction of sp³-hybridized carbons (Fsp3) is 0.333. The zero-order chi connectivity index (χ0) is 28.6. The molecule has 3 aliphatic heterocycles. The maximum absolute atomic E-state index is 12.5. The number of aromatic nitrogens is 2. The molecule has 3 aliphatic rings. The summed E-state index contributed by atoms with van der Waals surface area (Å²) in [5.41, 5.74) is 5.24. The quantitative estimate of drug-likeness (QED) is 0.234. The van der Waals surface area contributed by atoms with Gasteiger partial charge in [-0.2, -0.15) is 0 Å². The Morgan fingerprint density at radius 2 is 1.95 bits per heavy atom. The van der Waals surface area contributed by atoms with E-state index in [0.29, 0.717) is 31.3 Å². The van der Waals surface area contributed by atoms with Crippen LogP contribution >= 0.6 is 23.5 Å². The number of aromatic amines is 1. The highest BCUT2D eigenvalue weighted by Gasteiger charge is 2.31. The van der Waals surface area contributed by atoms with E-state index in [1.165, 1.54) is 30.7 Å². The molecular formula is C33H35N5O2S2. The number of hydrogen-bond acceptors (Lipinski definition) is 8. The summed E-state index contributed by atoms with van der Waals surface area (Å²) in [5.74, 6) is 0.507. The van der Waals surface area contributed by atoms with Gasteiger partial charge in [0, 0.05) is 57.3 Å². The molecule has 5 heterocycles. The summed E-state index contributed by atoms with van der Waals surface area (Å²) >= 11 is 3.64. The average molecular weight is 598 g/mol. The van der Waals surface area contributed by atoms with Gasteiger partial charge in [0.25, 0.3) is 5.56 Å². The van der Waals surface area contributed by atoms with Gasteiger partial charge < -0.3 is 24.8 Å². The van der Waals surface area contributed by atoms with Gasteiger partial charge in [-0.05, 0) is 86.4 Å². The molecule has 0 saturated carbocycles. The highest BCUT2D eigenvalue weighted by atomic mass is 32.2. The Hall–Kier alpha value is -3.24. The summed E-state index contributed by atoms with van der Waals surface area (Å²) in [5, 5.41) is 3.87. The van der Waals surface area contributed by atoms with Crippen molar-refractivity contribution in [3.05, 3.63) is 100 Å². The normalized spacial score (nSPS) is 21.0. The van der Waals surface area contributed by atoms with Crippen molar-refractivity contribution >= 4 is 34.9 Å². The van der Waals surface area contributed by atoms with Gasteiger partial charge in [0.05, 0.1) is 18.3 Å². The van der Waals surface area contributed by atoms with Crippen molar-refractivity contribution in [3.8, 4) is 0 Å². The maximum atomic E-state index is 12.5. The topological polar surface area (TPSA) is 73.5 Å². The molecule has 0 spiro atoms. The molecule has 4 aromatic rings. The SMILES string of the molecule is Cc1ccc(C(Nc2ccc3c(c2)Sc2cccc(C4CN(c5ccc[nH]c5=O)CCO4)c2S3)[C@H]2CCN(C)C2)nc1. The minimum atomic E-state index is -0.101. The van der Waals surface area contributed by atoms with Crippen LogP contribution in [0.4, 0.5) is 11.4 Å². The van der Waals surface area contributed by atoms with Crippen molar-refractivity contribution in [2.24, 2.45) is 5.92 Å². The molecular weight excluding hydrogens is 563 g/mol. The second-order valence-electron chi connectivity index (χ2n) is 11.4. The molecule has 3 atom stereocenters. The summed E-state index contributed by atoms with van der Waals surface area (Å²) in [6.45, 7) is 6.21. The molecule has 216 valence electrons. The average Bonchev–Trinajstić information content (AvgIpc) is 3.45.